The second-order valence-electron chi connectivity index (χ2n) is 2.72. The molecule has 0 aliphatic heterocycles. The Kier molecular flexibility index (Phi) is 3.41. The van der Waals surface area contributed by atoms with E-state index in [-0.39, 0.29) is 12.3 Å². The normalized spacial score (nSPS) is 12.1. The van der Waals surface area contributed by atoms with Gasteiger partial charge in [0.25, 0.3) is 0 Å². The topological polar surface area (TPSA) is 79.7 Å². The van der Waals surface area contributed by atoms with E-state index in [0.717, 1.165) is 0 Å². The van der Waals surface area contributed by atoms with Crippen LogP contribution in [-0.4, -0.2) is 28.3 Å². The lowest BCUT2D eigenvalue weighted by atomic mass is 10.1. The molecule has 0 aliphatic rings. The zero-order valence-corrected chi connectivity index (χ0v) is 7.67. The molecule has 1 heterocycles. The maximum atomic E-state index is 10.4. The van der Waals surface area contributed by atoms with Crippen LogP contribution in [0.15, 0.2) is 18.3 Å². The number of aliphatic hydroxyl groups is 1. The number of rotatable bonds is 4. The van der Waals surface area contributed by atoms with Gasteiger partial charge in [-0.15, -0.1) is 0 Å². The predicted octanol–water partition coefficient (Wildman–Crippen LogP) is 0.598. The molecular formula is C9H11NO4. The molecule has 1 aromatic heterocycles. The Labute approximate surface area is 81.0 Å². The van der Waals surface area contributed by atoms with Gasteiger partial charge in [-0.05, 0) is 12.1 Å². The van der Waals surface area contributed by atoms with Gasteiger partial charge in [0, 0.05) is 11.8 Å². The minimum Gasteiger partial charge on any atom is -0.481 e. The van der Waals surface area contributed by atoms with E-state index < -0.39 is 12.1 Å². The summed E-state index contributed by atoms with van der Waals surface area (Å²) in [6.45, 7) is 0. The number of pyridine rings is 1. The van der Waals surface area contributed by atoms with Gasteiger partial charge >= 0.3 is 5.97 Å². The molecule has 0 fully saturated rings. The summed E-state index contributed by atoms with van der Waals surface area (Å²) < 4.78 is 4.88. The van der Waals surface area contributed by atoms with E-state index >= 15 is 0 Å². The molecule has 1 unspecified atom stereocenters. The van der Waals surface area contributed by atoms with Crippen LogP contribution in [-0.2, 0) is 4.79 Å². The number of hydrogen-bond acceptors (Lipinski definition) is 4. The Morgan fingerprint density at radius 3 is 3.00 bits per heavy atom. The second-order valence-corrected chi connectivity index (χ2v) is 2.72. The Morgan fingerprint density at radius 2 is 2.43 bits per heavy atom. The van der Waals surface area contributed by atoms with Gasteiger partial charge in [-0.1, -0.05) is 0 Å². The number of hydrogen-bond donors (Lipinski definition) is 2. The van der Waals surface area contributed by atoms with Gasteiger partial charge < -0.3 is 14.9 Å². The van der Waals surface area contributed by atoms with E-state index in [1.54, 1.807) is 12.1 Å². The van der Waals surface area contributed by atoms with E-state index in [0.29, 0.717) is 5.56 Å². The van der Waals surface area contributed by atoms with Crippen molar-refractivity contribution in [1.29, 1.82) is 0 Å². The number of ether oxygens (including phenoxy) is 1. The summed E-state index contributed by atoms with van der Waals surface area (Å²) in [7, 11) is 1.42. The molecule has 0 aromatic carbocycles. The van der Waals surface area contributed by atoms with Crippen molar-refractivity contribution in [2.75, 3.05) is 7.11 Å². The lowest BCUT2D eigenvalue weighted by molar-refractivity contribution is -0.139. The van der Waals surface area contributed by atoms with Crippen molar-refractivity contribution < 1.29 is 19.7 Å². The van der Waals surface area contributed by atoms with Crippen molar-refractivity contribution in [3.05, 3.63) is 23.9 Å². The van der Waals surface area contributed by atoms with Gasteiger partial charge in [-0.2, -0.15) is 0 Å². The van der Waals surface area contributed by atoms with Crippen LogP contribution in [0, 0.1) is 0 Å². The fraction of sp³-hybridized carbons (Fsp3) is 0.333. The Bertz CT molecular complexity index is 326. The summed E-state index contributed by atoms with van der Waals surface area (Å²) in [4.78, 5) is 14.2. The summed E-state index contributed by atoms with van der Waals surface area (Å²) in [6, 6.07) is 3.20. The number of methoxy groups -OCH3 is 1. The van der Waals surface area contributed by atoms with Crippen LogP contribution in [0.25, 0.3) is 0 Å². The number of aliphatic carboxylic acids is 1. The minimum absolute atomic E-state index is 0.251. The molecule has 0 saturated carbocycles. The first-order chi connectivity index (χ1) is 6.65. The van der Waals surface area contributed by atoms with Crippen LogP contribution in [0.4, 0.5) is 0 Å². The molecule has 0 spiro atoms. The lowest BCUT2D eigenvalue weighted by Crippen LogP contribution is -2.07. The molecule has 5 nitrogen and oxygen atoms in total. The molecule has 5 heteroatoms. The third kappa shape index (κ3) is 2.43. The zero-order valence-electron chi connectivity index (χ0n) is 7.67. The van der Waals surface area contributed by atoms with Crippen LogP contribution < -0.4 is 4.74 Å². The highest BCUT2D eigenvalue weighted by molar-refractivity contribution is 5.67. The number of carboxylic acids is 1. The first kappa shape index (κ1) is 10.5. The smallest absolute Gasteiger partial charge is 0.306 e. The maximum absolute atomic E-state index is 10.4. The second kappa shape index (κ2) is 4.57. The standard InChI is InChI=1S/C9H11NO4/c1-14-9-6(3-2-4-10-9)7(11)5-8(12)13/h2-4,7,11H,5H2,1H3,(H,12,13). The maximum Gasteiger partial charge on any atom is 0.306 e. The van der Waals surface area contributed by atoms with E-state index in [1.807, 2.05) is 0 Å². The van der Waals surface area contributed by atoms with E-state index in [9.17, 15) is 9.90 Å². The molecule has 14 heavy (non-hydrogen) atoms. The van der Waals surface area contributed by atoms with Crippen LogP contribution in [0.2, 0.25) is 0 Å². The average Bonchev–Trinajstić information content (AvgIpc) is 2.16. The molecule has 0 aliphatic carbocycles. The van der Waals surface area contributed by atoms with Gasteiger partial charge in [0.2, 0.25) is 5.88 Å². The molecule has 76 valence electrons. The van der Waals surface area contributed by atoms with Crippen LogP contribution in [0.5, 0.6) is 5.88 Å². The van der Waals surface area contributed by atoms with Crippen molar-refractivity contribution in [3.63, 3.8) is 0 Å². The minimum atomic E-state index is -1.09. The molecule has 1 rings (SSSR count). The van der Waals surface area contributed by atoms with Crippen LogP contribution >= 0.6 is 0 Å². The first-order valence-electron chi connectivity index (χ1n) is 4.04. The van der Waals surface area contributed by atoms with Crippen molar-refractivity contribution in [2.45, 2.75) is 12.5 Å². The Hall–Kier alpha value is -1.62. The fourth-order valence-electron chi connectivity index (χ4n) is 1.10. The zero-order chi connectivity index (χ0) is 10.6. The van der Waals surface area contributed by atoms with E-state index in [1.165, 1.54) is 13.3 Å². The van der Waals surface area contributed by atoms with Gasteiger partial charge in [0.1, 0.15) is 0 Å². The Balaban J connectivity index is 2.87. The number of nitrogens with zero attached hydrogens (tertiary/aromatic N) is 1. The molecule has 1 aromatic rings. The third-order valence-corrected chi connectivity index (χ3v) is 1.72. The predicted molar refractivity (Wildman–Crippen MR) is 48.0 cm³/mol. The Morgan fingerprint density at radius 1 is 1.71 bits per heavy atom. The molecular weight excluding hydrogens is 186 g/mol. The van der Waals surface area contributed by atoms with Crippen molar-refractivity contribution in [1.82, 2.24) is 4.98 Å². The summed E-state index contributed by atoms with van der Waals surface area (Å²) >= 11 is 0. The van der Waals surface area contributed by atoms with Gasteiger partial charge in [-0.3, -0.25) is 4.79 Å². The summed E-state index contributed by atoms with van der Waals surface area (Å²) in [5, 5.41) is 18.0. The third-order valence-electron chi connectivity index (χ3n) is 1.72. The van der Waals surface area contributed by atoms with Gasteiger partial charge in [-0.25, -0.2) is 4.98 Å². The molecule has 0 radical (unpaired) electrons. The van der Waals surface area contributed by atoms with Gasteiger partial charge in [0.15, 0.2) is 0 Å². The molecule has 0 amide bonds. The molecule has 1 atom stereocenters. The van der Waals surface area contributed by atoms with Crippen molar-refractivity contribution in [2.24, 2.45) is 0 Å². The lowest BCUT2D eigenvalue weighted by Gasteiger charge is -2.11. The quantitative estimate of drug-likeness (QED) is 0.738. The van der Waals surface area contributed by atoms with Crippen LogP contribution in [0.3, 0.4) is 0 Å². The average molecular weight is 197 g/mol. The number of carboxylic acid groups (broad SMARTS) is 1. The van der Waals surface area contributed by atoms with Gasteiger partial charge in [0.05, 0.1) is 19.6 Å². The van der Waals surface area contributed by atoms with E-state index in [2.05, 4.69) is 4.98 Å². The summed E-state index contributed by atoms with van der Waals surface area (Å²) in [5.74, 6) is -0.815. The summed E-state index contributed by atoms with van der Waals surface area (Å²) in [6.07, 6.45) is 0.0638. The number of aromatic nitrogens is 1. The van der Waals surface area contributed by atoms with Crippen molar-refractivity contribution >= 4 is 5.97 Å². The highest BCUT2D eigenvalue weighted by Gasteiger charge is 2.16. The largest absolute Gasteiger partial charge is 0.481 e. The summed E-state index contributed by atoms with van der Waals surface area (Å²) in [5.41, 5.74) is 0.386. The highest BCUT2D eigenvalue weighted by atomic mass is 16.5. The fourth-order valence-corrected chi connectivity index (χ4v) is 1.10. The molecule has 0 bridgehead atoms. The number of carbonyl (C=O) groups is 1. The first-order valence-corrected chi connectivity index (χ1v) is 4.04. The molecule has 2 N–H and O–H groups in total. The van der Waals surface area contributed by atoms with Crippen LogP contribution in [0.1, 0.15) is 18.1 Å². The monoisotopic (exact) mass is 197 g/mol. The number of aliphatic hydroxyl groups excluding tert-OH is 1. The SMILES string of the molecule is COc1ncccc1C(O)CC(=O)O. The van der Waals surface area contributed by atoms with E-state index in [4.69, 9.17) is 9.84 Å². The highest BCUT2D eigenvalue weighted by Crippen LogP contribution is 2.24. The van der Waals surface area contributed by atoms with Crippen molar-refractivity contribution in [3.8, 4) is 5.88 Å². The molecule has 0 saturated heterocycles.